The summed E-state index contributed by atoms with van der Waals surface area (Å²) in [6.07, 6.45) is 1.28. The van der Waals surface area contributed by atoms with Gasteiger partial charge in [-0.1, -0.05) is 11.6 Å². The SMILES string of the molecule is CC1CC(=O)NC(n2nc(-c3ccco3)cc2NC(=O)COc2ccc(Cl)cc2)N1. The lowest BCUT2D eigenvalue weighted by molar-refractivity contribution is -0.125. The van der Waals surface area contributed by atoms with Gasteiger partial charge in [0, 0.05) is 23.6 Å². The van der Waals surface area contributed by atoms with Crippen molar-refractivity contribution in [1.29, 1.82) is 0 Å². The molecule has 0 saturated carbocycles. The molecule has 4 rings (SSSR count). The second kappa shape index (κ2) is 8.60. The van der Waals surface area contributed by atoms with Gasteiger partial charge in [0.15, 0.2) is 18.7 Å². The van der Waals surface area contributed by atoms with Crippen molar-refractivity contribution in [3.05, 3.63) is 53.8 Å². The highest BCUT2D eigenvalue weighted by atomic mass is 35.5. The van der Waals surface area contributed by atoms with Gasteiger partial charge >= 0.3 is 0 Å². The Morgan fingerprint density at radius 1 is 1.37 bits per heavy atom. The lowest BCUT2D eigenvalue weighted by atomic mass is 10.2. The summed E-state index contributed by atoms with van der Waals surface area (Å²) < 4.78 is 12.4. The molecule has 2 atom stereocenters. The van der Waals surface area contributed by atoms with E-state index >= 15 is 0 Å². The van der Waals surface area contributed by atoms with Crippen molar-refractivity contribution in [3.8, 4) is 17.2 Å². The molecule has 0 radical (unpaired) electrons. The average Bonchev–Trinajstić information content (AvgIpc) is 3.37. The molecule has 10 heteroatoms. The summed E-state index contributed by atoms with van der Waals surface area (Å²) in [5, 5.41) is 13.9. The number of nitrogens with one attached hydrogen (secondary N) is 3. The van der Waals surface area contributed by atoms with E-state index in [1.807, 2.05) is 6.92 Å². The number of halogens is 1. The fraction of sp³-hybridized carbons (Fsp3) is 0.250. The van der Waals surface area contributed by atoms with Crippen LogP contribution in [0.1, 0.15) is 19.6 Å². The number of amides is 2. The molecule has 2 amide bonds. The van der Waals surface area contributed by atoms with Crippen LogP contribution < -0.4 is 20.7 Å². The zero-order valence-corrected chi connectivity index (χ0v) is 16.8. The molecular formula is C20H20ClN5O4. The van der Waals surface area contributed by atoms with Gasteiger partial charge in [-0.2, -0.15) is 5.10 Å². The number of furan rings is 1. The van der Waals surface area contributed by atoms with Crippen molar-refractivity contribution in [2.45, 2.75) is 25.7 Å². The second-order valence-electron chi connectivity index (χ2n) is 6.87. The number of anilines is 1. The number of benzene rings is 1. The molecule has 1 saturated heterocycles. The maximum atomic E-state index is 12.5. The van der Waals surface area contributed by atoms with Gasteiger partial charge in [-0.15, -0.1) is 0 Å². The van der Waals surface area contributed by atoms with E-state index in [4.69, 9.17) is 20.8 Å². The van der Waals surface area contributed by atoms with Crippen LogP contribution >= 0.6 is 11.6 Å². The van der Waals surface area contributed by atoms with Crippen LogP contribution in [0.2, 0.25) is 5.02 Å². The summed E-state index contributed by atoms with van der Waals surface area (Å²) >= 11 is 5.85. The Bertz CT molecular complexity index is 1030. The Balaban J connectivity index is 1.52. The highest BCUT2D eigenvalue weighted by Gasteiger charge is 2.27. The topological polar surface area (TPSA) is 110 Å². The van der Waals surface area contributed by atoms with Gasteiger partial charge in [0.2, 0.25) is 5.91 Å². The molecular weight excluding hydrogens is 410 g/mol. The number of ether oxygens (including phenoxy) is 1. The number of carbonyl (C=O) groups excluding carboxylic acids is 2. The lowest BCUT2D eigenvalue weighted by Crippen LogP contribution is -2.52. The van der Waals surface area contributed by atoms with E-state index in [1.54, 1.807) is 42.5 Å². The van der Waals surface area contributed by atoms with Crippen molar-refractivity contribution in [2.75, 3.05) is 11.9 Å². The van der Waals surface area contributed by atoms with E-state index in [9.17, 15) is 9.59 Å². The van der Waals surface area contributed by atoms with Crippen molar-refractivity contribution in [2.24, 2.45) is 0 Å². The zero-order valence-electron chi connectivity index (χ0n) is 16.1. The smallest absolute Gasteiger partial charge is 0.263 e. The molecule has 156 valence electrons. The first-order chi connectivity index (χ1) is 14.5. The molecule has 0 bridgehead atoms. The molecule has 3 N–H and O–H groups in total. The first-order valence-electron chi connectivity index (χ1n) is 9.35. The van der Waals surface area contributed by atoms with Crippen LogP contribution in [0, 0.1) is 0 Å². The van der Waals surface area contributed by atoms with E-state index < -0.39 is 6.29 Å². The highest BCUT2D eigenvalue weighted by Crippen LogP contribution is 2.25. The number of carbonyl (C=O) groups is 2. The monoisotopic (exact) mass is 429 g/mol. The maximum Gasteiger partial charge on any atom is 0.263 e. The van der Waals surface area contributed by atoms with Crippen LogP contribution in [0.4, 0.5) is 5.82 Å². The molecule has 0 spiro atoms. The van der Waals surface area contributed by atoms with Crippen molar-refractivity contribution in [1.82, 2.24) is 20.4 Å². The Hall–Kier alpha value is -3.30. The normalized spacial score (nSPS) is 18.7. The number of nitrogens with zero attached hydrogens (tertiary/aromatic N) is 2. The van der Waals surface area contributed by atoms with Crippen LogP contribution in [-0.4, -0.2) is 34.2 Å². The molecule has 1 aromatic carbocycles. The molecule has 2 aromatic heterocycles. The molecule has 2 unspecified atom stereocenters. The fourth-order valence-corrected chi connectivity index (χ4v) is 3.21. The van der Waals surface area contributed by atoms with Crippen molar-refractivity contribution >= 4 is 29.2 Å². The Labute approximate surface area is 177 Å². The summed E-state index contributed by atoms with van der Waals surface area (Å²) in [7, 11) is 0. The van der Waals surface area contributed by atoms with E-state index in [2.05, 4.69) is 21.0 Å². The molecule has 30 heavy (non-hydrogen) atoms. The van der Waals surface area contributed by atoms with Crippen molar-refractivity contribution < 1.29 is 18.7 Å². The van der Waals surface area contributed by atoms with Gasteiger partial charge in [0.05, 0.1) is 6.26 Å². The summed E-state index contributed by atoms with van der Waals surface area (Å²) in [6.45, 7) is 1.70. The molecule has 3 heterocycles. The second-order valence-corrected chi connectivity index (χ2v) is 7.31. The average molecular weight is 430 g/mol. The summed E-state index contributed by atoms with van der Waals surface area (Å²) in [5.41, 5.74) is 0.517. The predicted molar refractivity (Wildman–Crippen MR) is 110 cm³/mol. The quantitative estimate of drug-likeness (QED) is 0.555. The third kappa shape index (κ3) is 4.64. The summed E-state index contributed by atoms with van der Waals surface area (Å²) in [6, 6.07) is 11.8. The van der Waals surface area contributed by atoms with Gasteiger partial charge in [0.25, 0.3) is 5.91 Å². The van der Waals surface area contributed by atoms with E-state index in [-0.39, 0.29) is 24.5 Å². The number of hydrogen-bond donors (Lipinski definition) is 3. The minimum atomic E-state index is -0.613. The van der Waals surface area contributed by atoms with Gasteiger partial charge in [-0.3, -0.25) is 14.9 Å². The maximum absolute atomic E-state index is 12.5. The minimum Gasteiger partial charge on any atom is -0.484 e. The predicted octanol–water partition coefficient (Wildman–Crippen LogP) is 2.77. The van der Waals surface area contributed by atoms with Crippen LogP contribution in [0.5, 0.6) is 5.75 Å². The van der Waals surface area contributed by atoms with E-state index in [0.29, 0.717) is 34.5 Å². The largest absolute Gasteiger partial charge is 0.484 e. The molecule has 9 nitrogen and oxygen atoms in total. The standard InChI is InChI=1S/C20H20ClN5O4/c1-12-9-18(27)24-20(22-12)26-17(10-15(25-26)16-3-2-8-29-16)23-19(28)11-30-14-6-4-13(21)5-7-14/h2-8,10,12,20,22H,9,11H2,1H3,(H,23,28)(H,24,27). The fourth-order valence-electron chi connectivity index (χ4n) is 3.08. The number of hydrogen-bond acceptors (Lipinski definition) is 6. The van der Waals surface area contributed by atoms with E-state index in [1.165, 1.54) is 10.9 Å². The minimum absolute atomic E-state index is 0.0446. The van der Waals surface area contributed by atoms with Crippen LogP contribution in [0.25, 0.3) is 11.5 Å². The van der Waals surface area contributed by atoms with Crippen LogP contribution in [0.3, 0.4) is 0 Å². The van der Waals surface area contributed by atoms with Gasteiger partial charge in [-0.05, 0) is 43.3 Å². The van der Waals surface area contributed by atoms with Gasteiger partial charge in [0.1, 0.15) is 17.3 Å². The number of aromatic nitrogens is 2. The molecule has 3 aromatic rings. The Kier molecular flexibility index (Phi) is 5.73. The van der Waals surface area contributed by atoms with Gasteiger partial charge < -0.3 is 19.8 Å². The summed E-state index contributed by atoms with van der Waals surface area (Å²) in [4.78, 5) is 24.5. The lowest BCUT2D eigenvalue weighted by Gasteiger charge is -2.30. The molecule has 1 fully saturated rings. The Morgan fingerprint density at radius 3 is 2.87 bits per heavy atom. The number of rotatable bonds is 6. The Morgan fingerprint density at radius 2 is 2.17 bits per heavy atom. The van der Waals surface area contributed by atoms with Crippen LogP contribution in [-0.2, 0) is 9.59 Å². The third-order valence-corrected chi connectivity index (χ3v) is 4.69. The van der Waals surface area contributed by atoms with E-state index in [0.717, 1.165) is 0 Å². The van der Waals surface area contributed by atoms with Crippen molar-refractivity contribution in [3.63, 3.8) is 0 Å². The third-order valence-electron chi connectivity index (χ3n) is 4.44. The highest BCUT2D eigenvalue weighted by molar-refractivity contribution is 6.30. The van der Waals surface area contributed by atoms with Gasteiger partial charge in [-0.25, -0.2) is 4.68 Å². The molecule has 1 aliphatic rings. The van der Waals surface area contributed by atoms with Crippen LogP contribution in [0.15, 0.2) is 53.1 Å². The zero-order chi connectivity index (χ0) is 21.1. The first kappa shape index (κ1) is 20.0. The summed E-state index contributed by atoms with van der Waals surface area (Å²) in [5.74, 6) is 0.959. The molecule has 0 aliphatic carbocycles. The molecule has 1 aliphatic heterocycles. The first-order valence-corrected chi connectivity index (χ1v) is 9.73.